The molecule has 1 fully saturated rings. The first-order valence-corrected chi connectivity index (χ1v) is 9.69. The van der Waals surface area contributed by atoms with Crippen molar-refractivity contribution < 1.29 is 19.4 Å². The van der Waals surface area contributed by atoms with E-state index in [9.17, 15) is 14.7 Å². The summed E-state index contributed by atoms with van der Waals surface area (Å²) < 4.78 is 5.09. The molecule has 8 nitrogen and oxygen atoms in total. The molecule has 1 amide bonds. The minimum atomic E-state index is -1.04. The summed E-state index contributed by atoms with van der Waals surface area (Å²) in [5, 5.41) is 21.2. The van der Waals surface area contributed by atoms with E-state index in [1.165, 1.54) is 6.07 Å². The molecule has 156 valence electrons. The zero-order valence-electron chi connectivity index (χ0n) is 16.8. The van der Waals surface area contributed by atoms with Crippen LogP contribution in [0.15, 0.2) is 42.5 Å². The summed E-state index contributed by atoms with van der Waals surface area (Å²) in [4.78, 5) is 28.5. The lowest BCUT2D eigenvalue weighted by molar-refractivity contribution is 0.0697. The van der Waals surface area contributed by atoms with Gasteiger partial charge in [0.05, 0.1) is 24.4 Å². The molecule has 1 aliphatic heterocycles. The number of hydrogen-bond acceptors (Lipinski definition) is 6. The standard InChI is InChI=1S/C22H24N4O4/c1-30-18-6-3-16(4-7-18)21(27)24-17-5-8-20(19(15-17)22(28)29)26-13-11-25(12-14-26)10-2-9-23/h3-8,15H,2,10-14H2,1H3,(H,24,27)(H,28,29). The number of piperazine rings is 1. The molecule has 0 atom stereocenters. The van der Waals surface area contributed by atoms with Crippen LogP contribution in [-0.4, -0.2) is 61.7 Å². The van der Waals surface area contributed by atoms with E-state index in [0.717, 1.165) is 19.6 Å². The molecule has 1 saturated heterocycles. The first-order chi connectivity index (χ1) is 14.5. The topological polar surface area (TPSA) is 106 Å². The summed E-state index contributed by atoms with van der Waals surface area (Å²) in [5.74, 6) is -0.720. The zero-order valence-corrected chi connectivity index (χ0v) is 16.8. The van der Waals surface area contributed by atoms with E-state index in [2.05, 4.69) is 16.3 Å². The van der Waals surface area contributed by atoms with Crippen LogP contribution >= 0.6 is 0 Å². The van der Waals surface area contributed by atoms with E-state index in [4.69, 9.17) is 10.00 Å². The van der Waals surface area contributed by atoms with Gasteiger partial charge in [0.15, 0.2) is 0 Å². The Morgan fingerprint density at radius 3 is 2.43 bits per heavy atom. The van der Waals surface area contributed by atoms with Crippen LogP contribution < -0.4 is 15.0 Å². The van der Waals surface area contributed by atoms with Gasteiger partial charge in [0.2, 0.25) is 0 Å². The number of anilines is 2. The molecule has 0 saturated carbocycles. The van der Waals surface area contributed by atoms with Gasteiger partial charge in [-0.05, 0) is 42.5 Å². The van der Waals surface area contributed by atoms with Crippen LogP contribution in [0.5, 0.6) is 5.75 Å². The van der Waals surface area contributed by atoms with Gasteiger partial charge in [-0.25, -0.2) is 4.79 Å². The maximum Gasteiger partial charge on any atom is 0.337 e. The Bertz CT molecular complexity index is 945. The van der Waals surface area contributed by atoms with Gasteiger partial charge in [-0.1, -0.05) is 0 Å². The Morgan fingerprint density at radius 1 is 1.13 bits per heavy atom. The number of carboxylic acids is 1. The monoisotopic (exact) mass is 408 g/mol. The first-order valence-electron chi connectivity index (χ1n) is 9.69. The number of amides is 1. The molecular weight excluding hydrogens is 384 g/mol. The summed E-state index contributed by atoms with van der Waals surface area (Å²) >= 11 is 0. The molecule has 0 unspecified atom stereocenters. The first kappa shape index (κ1) is 21.1. The molecule has 1 heterocycles. The molecule has 0 radical (unpaired) electrons. The Balaban J connectivity index is 1.71. The van der Waals surface area contributed by atoms with Crippen molar-refractivity contribution in [2.45, 2.75) is 6.42 Å². The highest BCUT2D eigenvalue weighted by atomic mass is 16.5. The number of rotatable bonds is 7. The molecular formula is C22H24N4O4. The summed E-state index contributed by atoms with van der Waals surface area (Å²) in [6, 6.07) is 13.8. The third kappa shape index (κ3) is 5.07. The predicted molar refractivity (Wildman–Crippen MR) is 113 cm³/mol. The lowest BCUT2D eigenvalue weighted by Gasteiger charge is -2.36. The molecule has 8 heteroatoms. The number of nitrogens with one attached hydrogen (secondary N) is 1. The minimum Gasteiger partial charge on any atom is -0.497 e. The maximum absolute atomic E-state index is 12.5. The third-order valence-corrected chi connectivity index (χ3v) is 5.09. The van der Waals surface area contributed by atoms with Crippen molar-refractivity contribution in [3.05, 3.63) is 53.6 Å². The van der Waals surface area contributed by atoms with E-state index in [-0.39, 0.29) is 11.5 Å². The van der Waals surface area contributed by atoms with Gasteiger partial charge in [-0.3, -0.25) is 9.69 Å². The quantitative estimate of drug-likeness (QED) is 0.725. The van der Waals surface area contributed by atoms with Gasteiger partial charge < -0.3 is 20.1 Å². The van der Waals surface area contributed by atoms with Crippen LogP contribution in [0.4, 0.5) is 11.4 Å². The smallest absolute Gasteiger partial charge is 0.337 e. The number of carbonyl (C=O) groups excluding carboxylic acids is 1. The molecule has 0 aromatic heterocycles. The molecule has 2 N–H and O–H groups in total. The number of aromatic carboxylic acids is 1. The second-order valence-electron chi connectivity index (χ2n) is 6.96. The summed E-state index contributed by atoms with van der Waals surface area (Å²) in [5.41, 5.74) is 1.65. The second kappa shape index (κ2) is 9.76. The number of benzene rings is 2. The number of ether oxygens (including phenoxy) is 1. The van der Waals surface area contributed by atoms with Gasteiger partial charge in [0.1, 0.15) is 5.75 Å². The van der Waals surface area contributed by atoms with Crippen LogP contribution in [0.3, 0.4) is 0 Å². The number of methoxy groups -OCH3 is 1. The van der Waals surface area contributed by atoms with Crippen molar-refractivity contribution in [2.75, 3.05) is 50.1 Å². The van der Waals surface area contributed by atoms with Crippen molar-refractivity contribution >= 4 is 23.3 Å². The SMILES string of the molecule is COc1ccc(C(=O)Nc2ccc(N3CCN(CCC#N)CC3)c(C(=O)O)c2)cc1. The van der Waals surface area contributed by atoms with Gasteiger partial charge >= 0.3 is 5.97 Å². The Labute approximate surface area is 175 Å². The van der Waals surface area contributed by atoms with Crippen LogP contribution in [-0.2, 0) is 0 Å². The second-order valence-corrected chi connectivity index (χ2v) is 6.96. The Hall–Kier alpha value is -3.57. The fourth-order valence-corrected chi connectivity index (χ4v) is 3.43. The summed E-state index contributed by atoms with van der Waals surface area (Å²) in [7, 11) is 1.55. The number of carbonyl (C=O) groups is 2. The van der Waals surface area contributed by atoms with E-state index >= 15 is 0 Å². The number of hydrogen-bond donors (Lipinski definition) is 2. The largest absolute Gasteiger partial charge is 0.497 e. The molecule has 3 rings (SSSR count). The fraction of sp³-hybridized carbons (Fsp3) is 0.318. The number of nitrogens with zero attached hydrogens (tertiary/aromatic N) is 3. The highest BCUT2D eigenvalue weighted by molar-refractivity contribution is 6.05. The summed E-state index contributed by atoms with van der Waals surface area (Å²) in [6.45, 7) is 3.65. The molecule has 2 aromatic carbocycles. The molecule has 0 spiro atoms. The van der Waals surface area contributed by atoms with Gasteiger partial charge in [-0.15, -0.1) is 0 Å². The van der Waals surface area contributed by atoms with Crippen LogP contribution in [0.2, 0.25) is 0 Å². The normalized spacial score (nSPS) is 14.1. The number of nitriles is 1. The van der Waals surface area contributed by atoms with Crippen LogP contribution in [0.1, 0.15) is 27.1 Å². The van der Waals surface area contributed by atoms with Gasteiger partial charge in [0, 0.05) is 50.4 Å². The average molecular weight is 408 g/mol. The molecule has 0 aliphatic carbocycles. The van der Waals surface area contributed by atoms with E-state index in [1.807, 2.05) is 4.90 Å². The summed E-state index contributed by atoms with van der Waals surface area (Å²) in [6.07, 6.45) is 0.489. The Morgan fingerprint density at radius 2 is 1.83 bits per heavy atom. The van der Waals surface area contributed by atoms with Gasteiger partial charge in [0.25, 0.3) is 5.91 Å². The van der Waals surface area contributed by atoms with Crippen molar-refractivity contribution in [3.63, 3.8) is 0 Å². The van der Waals surface area contributed by atoms with Crippen molar-refractivity contribution in [2.24, 2.45) is 0 Å². The molecule has 2 aromatic rings. The fourth-order valence-electron chi connectivity index (χ4n) is 3.43. The highest BCUT2D eigenvalue weighted by Crippen LogP contribution is 2.26. The van der Waals surface area contributed by atoms with Crippen molar-refractivity contribution in [1.29, 1.82) is 5.26 Å². The lowest BCUT2D eigenvalue weighted by atomic mass is 10.1. The maximum atomic E-state index is 12.5. The van der Waals surface area contributed by atoms with Gasteiger partial charge in [-0.2, -0.15) is 5.26 Å². The zero-order chi connectivity index (χ0) is 21.5. The third-order valence-electron chi connectivity index (χ3n) is 5.09. The Kier molecular flexibility index (Phi) is 6.88. The van der Waals surface area contributed by atoms with Crippen molar-refractivity contribution in [3.8, 4) is 11.8 Å². The highest BCUT2D eigenvalue weighted by Gasteiger charge is 2.22. The van der Waals surface area contributed by atoms with E-state index in [0.29, 0.717) is 42.2 Å². The van der Waals surface area contributed by atoms with Crippen LogP contribution in [0, 0.1) is 11.3 Å². The molecule has 30 heavy (non-hydrogen) atoms. The lowest BCUT2D eigenvalue weighted by Crippen LogP contribution is -2.47. The van der Waals surface area contributed by atoms with E-state index in [1.54, 1.807) is 43.5 Å². The minimum absolute atomic E-state index is 0.146. The average Bonchev–Trinajstić information content (AvgIpc) is 2.78. The van der Waals surface area contributed by atoms with Crippen LogP contribution in [0.25, 0.3) is 0 Å². The molecule has 1 aliphatic rings. The van der Waals surface area contributed by atoms with Crippen molar-refractivity contribution in [1.82, 2.24) is 4.90 Å². The molecule has 0 bridgehead atoms. The van der Waals surface area contributed by atoms with E-state index < -0.39 is 5.97 Å². The predicted octanol–water partition coefficient (Wildman–Crippen LogP) is 2.68. The number of carboxylic acid groups (broad SMARTS) is 1.